The number of halogens is 2. The molecule has 0 spiro atoms. The van der Waals surface area contributed by atoms with Gasteiger partial charge < -0.3 is 15.7 Å². The summed E-state index contributed by atoms with van der Waals surface area (Å²) in [6, 6.07) is 12.1. The number of benzene rings is 2. The predicted octanol–water partition coefficient (Wildman–Crippen LogP) is 5.24. The van der Waals surface area contributed by atoms with Crippen molar-refractivity contribution in [3.05, 3.63) is 82.4 Å². The standard InChI is InChI=1S/C25H23F2N5O2/c1-13-7-17(14(2)31-20-6-4-3-5-16(20)25(33)34)19-9-18(22(10-28)32-21(19)8-13)15-11-29-24(23(26)27)30-12-15/h3-8,11-12,14,18,22-23,31-32H,9H2,1-2H3,(H,33,34)/t14-,18?,22?/m1/s1. The first-order valence-electron chi connectivity index (χ1n) is 10.8. The van der Waals surface area contributed by atoms with Crippen molar-refractivity contribution in [2.24, 2.45) is 0 Å². The number of carboxylic acid groups (broad SMARTS) is 1. The third-order valence-electron chi connectivity index (χ3n) is 6.02. The molecule has 0 bridgehead atoms. The Morgan fingerprint density at radius 2 is 1.97 bits per heavy atom. The summed E-state index contributed by atoms with van der Waals surface area (Å²) in [5.74, 6) is -1.91. The molecule has 3 aromatic rings. The fraction of sp³-hybridized carbons (Fsp3) is 0.280. The van der Waals surface area contributed by atoms with Gasteiger partial charge in [-0.15, -0.1) is 0 Å². The first kappa shape index (κ1) is 23.1. The third kappa shape index (κ3) is 4.53. The number of anilines is 2. The lowest BCUT2D eigenvalue weighted by Crippen LogP contribution is -2.33. The molecule has 2 aromatic carbocycles. The Morgan fingerprint density at radius 3 is 2.62 bits per heavy atom. The van der Waals surface area contributed by atoms with Gasteiger partial charge in [0.05, 0.1) is 11.6 Å². The van der Waals surface area contributed by atoms with Crippen LogP contribution in [-0.2, 0) is 6.42 Å². The maximum Gasteiger partial charge on any atom is 0.337 e. The number of carboxylic acids is 1. The second-order valence-electron chi connectivity index (χ2n) is 8.33. The Balaban J connectivity index is 1.70. The Hall–Kier alpha value is -4.06. The number of hydrogen-bond donors (Lipinski definition) is 3. The molecule has 4 rings (SSSR count). The highest BCUT2D eigenvalue weighted by Crippen LogP contribution is 2.39. The highest BCUT2D eigenvalue weighted by atomic mass is 19.3. The molecule has 3 atom stereocenters. The SMILES string of the molecule is Cc1cc2c(c([C@@H](C)Nc3ccccc3C(=O)O)c1)CC(c1cnc(C(F)F)nc1)C(C#N)N2. The van der Waals surface area contributed by atoms with Crippen molar-refractivity contribution in [1.29, 1.82) is 5.26 Å². The van der Waals surface area contributed by atoms with Gasteiger partial charge >= 0.3 is 5.97 Å². The van der Waals surface area contributed by atoms with Crippen molar-refractivity contribution in [3.63, 3.8) is 0 Å². The molecule has 1 aromatic heterocycles. The van der Waals surface area contributed by atoms with Crippen molar-refractivity contribution in [2.75, 3.05) is 10.6 Å². The molecule has 0 radical (unpaired) electrons. The smallest absolute Gasteiger partial charge is 0.337 e. The average molecular weight is 463 g/mol. The first-order valence-corrected chi connectivity index (χ1v) is 10.8. The van der Waals surface area contributed by atoms with Crippen molar-refractivity contribution in [1.82, 2.24) is 9.97 Å². The van der Waals surface area contributed by atoms with E-state index < -0.39 is 24.3 Å². The normalized spacial score (nSPS) is 17.9. The summed E-state index contributed by atoms with van der Waals surface area (Å²) in [5, 5.41) is 25.9. The van der Waals surface area contributed by atoms with Gasteiger partial charge in [-0.05, 0) is 60.7 Å². The molecule has 3 N–H and O–H groups in total. The lowest BCUT2D eigenvalue weighted by molar-refractivity contribution is 0.0698. The van der Waals surface area contributed by atoms with Gasteiger partial charge in [-0.2, -0.15) is 5.26 Å². The molecule has 0 aliphatic carbocycles. The first-order chi connectivity index (χ1) is 16.3. The van der Waals surface area contributed by atoms with E-state index >= 15 is 0 Å². The van der Waals surface area contributed by atoms with Gasteiger partial charge in [-0.1, -0.05) is 18.2 Å². The number of para-hydroxylation sites is 1. The van der Waals surface area contributed by atoms with Gasteiger partial charge in [-0.3, -0.25) is 0 Å². The van der Waals surface area contributed by atoms with E-state index in [1.165, 1.54) is 12.4 Å². The van der Waals surface area contributed by atoms with Crippen LogP contribution in [0, 0.1) is 18.3 Å². The Bertz CT molecular complexity index is 1260. The number of carbonyl (C=O) groups is 1. The maximum atomic E-state index is 12.9. The fourth-order valence-electron chi connectivity index (χ4n) is 4.38. The van der Waals surface area contributed by atoms with Crippen LogP contribution in [0.4, 0.5) is 20.2 Å². The summed E-state index contributed by atoms with van der Waals surface area (Å²) in [6.07, 6.45) is 0.422. The molecule has 0 amide bonds. The summed E-state index contributed by atoms with van der Waals surface area (Å²) in [7, 11) is 0. The van der Waals surface area contributed by atoms with E-state index in [1.54, 1.807) is 24.3 Å². The molecule has 1 aliphatic heterocycles. The van der Waals surface area contributed by atoms with Gasteiger partial charge in [0.15, 0.2) is 5.82 Å². The molecule has 0 saturated carbocycles. The van der Waals surface area contributed by atoms with Crippen molar-refractivity contribution < 1.29 is 18.7 Å². The van der Waals surface area contributed by atoms with E-state index in [4.69, 9.17) is 0 Å². The molecule has 2 unspecified atom stereocenters. The van der Waals surface area contributed by atoms with Gasteiger partial charge in [0.1, 0.15) is 6.04 Å². The van der Waals surface area contributed by atoms with Gasteiger partial charge in [0.2, 0.25) is 0 Å². The number of aromatic nitrogens is 2. The van der Waals surface area contributed by atoms with Crippen LogP contribution in [-0.4, -0.2) is 27.1 Å². The van der Waals surface area contributed by atoms with Crippen LogP contribution in [0.5, 0.6) is 0 Å². The molecule has 2 heterocycles. The Labute approximate surface area is 195 Å². The number of nitriles is 1. The highest BCUT2D eigenvalue weighted by Gasteiger charge is 2.32. The number of nitrogens with zero attached hydrogens (tertiary/aromatic N) is 3. The van der Waals surface area contributed by atoms with Crippen LogP contribution in [0.1, 0.15) is 63.7 Å². The second-order valence-corrected chi connectivity index (χ2v) is 8.33. The monoisotopic (exact) mass is 463 g/mol. The number of fused-ring (bicyclic) bond motifs is 1. The van der Waals surface area contributed by atoms with Crippen LogP contribution in [0.25, 0.3) is 0 Å². The largest absolute Gasteiger partial charge is 0.478 e. The minimum absolute atomic E-state index is 0.174. The molecule has 34 heavy (non-hydrogen) atoms. The number of hydrogen-bond acceptors (Lipinski definition) is 6. The molecular formula is C25H23F2N5O2. The summed E-state index contributed by atoms with van der Waals surface area (Å²) >= 11 is 0. The topological polar surface area (TPSA) is 111 Å². The van der Waals surface area contributed by atoms with E-state index in [0.29, 0.717) is 17.7 Å². The van der Waals surface area contributed by atoms with E-state index in [1.807, 2.05) is 26.0 Å². The quantitative estimate of drug-likeness (QED) is 0.459. The summed E-state index contributed by atoms with van der Waals surface area (Å²) in [4.78, 5) is 19.2. The number of alkyl halides is 2. The number of aromatic carboxylic acids is 1. The molecule has 174 valence electrons. The van der Waals surface area contributed by atoms with Gasteiger partial charge in [-0.25, -0.2) is 23.5 Å². The highest BCUT2D eigenvalue weighted by molar-refractivity contribution is 5.94. The average Bonchev–Trinajstić information content (AvgIpc) is 2.82. The lowest BCUT2D eigenvalue weighted by atomic mass is 9.80. The maximum absolute atomic E-state index is 12.9. The Morgan fingerprint density at radius 1 is 1.26 bits per heavy atom. The minimum atomic E-state index is -2.76. The third-order valence-corrected chi connectivity index (χ3v) is 6.02. The summed E-state index contributed by atoms with van der Waals surface area (Å²) in [6.45, 7) is 3.90. The minimum Gasteiger partial charge on any atom is -0.478 e. The van der Waals surface area contributed by atoms with Crippen LogP contribution >= 0.6 is 0 Å². The van der Waals surface area contributed by atoms with E-state index in [9.17, 15) is 23.9 Å². The van der Waals surface area contributed by atoms with E-state index in [-0.39, 0.29) is 17.5 Å². The second kappa shape index (κ2) is 9.43. The zero-order valence-electron chi connectivity index (χ0n) is 18.6. The number of aryl methyl sites for hydroxylation is 1. The van der Waals surface area contributed by atoms with E-state index in [0.717, 1.165) is 22.4 Å². The Kier molecular flexibility index (Phi) is 6.41. The molecule has 0 fully saturated rings. The zero-order chi connectivity index (χ0) is 24.4. The van der Waals surface area contributed by atoms with Crippen LogP contribution < -0.4 is 10.6 Å². The van der Waals surface area contributed by atoms with Crippen LogP contribution in [0.3, 0.4) is 0 Å². The van der Waals surface area contributed by atoms with Crippen LogP contribution in [0.15, 0.2) is 48.8 Å². The lowest BCUT2D eigenvalue weighted by Gasteiger charge is -2.34. The zero-order valence-corrected chi connectivity index (χ0v) is 18.6. The van der Waals surface area contributed by atoms with Gasteiger partial charge in [0.25, 0.3) is 6.43 Å². The van der Waals surface area contributed by atoms with Crippen molar-refractivity contribution >= 4 is 17.3 Å². The van der Waals surface area contributed by atoms with Gasteiger partial charge in [0, 0.05) is 35.7 Å². The van der Waals surface area contributed by atoms with Crippen molar-refractivity contribution in [3.8, 4) is 6.07 Å². The predicted molar refractivity (Wildman–Crippen MR) is 123 cm³/mol. The van der Waals surface area contributed by atoms with Crippen molar-refractivity contribution in [2.45, 2.75) is 44.7 Å². The number of rotatable bonds is 6. The molecular weight excluding hydrogens is 440 g/mol. The fourth-order valence-corrected chi connectivity index (χ4v) is 4.38. The summed E-state index contributed by atoms with van der Waals surface area (Å²) in [5.41, 5.74) is 5.00. The van der Waals surface area contributed by atoms with Crippen LogP contribution in [0.2, 0.25) is 0 Å². The van der Waals surface area contributed by atoms with E-state index in [2.05, 4.69) is 26.7 Å². The summed E-state index contributed by atoms with van der Waals surface area (Å²) < 4.78 is 25.8. The molecule has 0 saturated heterocycles. The molecule has 9 heteroatoms. The molecule has 1 aliphatic rings. The number of nitrogens with one attached hydrogen (secondary N) is 2. The molecule has 7 nitrogen and oxygen atoms in total.